The first kappa shape index (κ1) is 17.2. The standard InChI is InChI=1S/C19H19N3O2S/c23-17(24)13-7-8-14-25-19-21-20-18(15-9-3-1-4-10-15)22(19)16-11-5-2-6-12-16/h1-6,9-12H,7-8,13-14H2,(H,23,24). The van der Waals surface area contributed by atoms with E-state index in [1.807, 2.05) is 60.7 Å². The van der Waals surface area contributed by atoms with Gasteiger partial charge < -0.3 is 5.11 Å². The molecular formula is C19H19N3O2S. The van der Waals surface area contributed by atoms with Crippen molar-refractivity contribution in [1.29, 1.82) is 0 Å². The highest BCUT2D eigenvalue weighted by Gasteiger charge is 2.15. The molecule has 0 aliphatic carbocycles. The Morgan fingerprint density at radius 1 is 0.960 bits per heavy atom. The van der Waals surface area contributed by atoms with Crippen LogP contribution in [0, 0.1) is 0 Å². The van der Waals surface area contributed by atoms with Crippen LogP contribution < -0.4 is 0 Å². The van der Waals surface area contributed by atoms with Crippen LogP contribution in [0.4, 0.5) is 0 Å². The number of nitrogens with zero attached hydrogens (tertiary/aromatic N) is 3. The van der Waals surface area contributed by atoms with Crippen molar-refractivity contribution >= 4 is 17.7 Å². The quantitative estimate of drug-likeness (QED) is 0.483. The second-order valence-corrected chi connectivity index (χ2v) is 6.60. The number of carboxylic acid groups (broad SMARTS) is 1. The van der Waals surface area contributed by atoms with E-state index >= 15 is 0 Å². The molecule has 0 aliphatic heterocycles. The molecule has 6 heteroatoms. The molecule has 3 rings (SSSR count). The highest BCUT2D eigenvalue weighted by Crippen LogP contribution is 2.28. The molecule has 0 bridgehead atoms. The minimum atomic E-state index is -0.746. The van der Waals surface area contributed by atoms with Gasteiger partial charge in [-0.3, -0.25) is 9.36 Å². The van der Waals surface area contributed by atoms with Crippen molar-refractivity contribution < 1.29 is 9.90 Å². The molecule has 0 saturated carbocycles. The number of aromatic nitrogens is 3. The first-order valence-corrected chi connectivity index (χ1v) is 9.15. The molecule has 25 heavy (non-hydrogen) atoms. The molecule has 128 valence electrons. The zero-order valence-corrected chi connectivity index (χ0v) is 14.5. The molecule has 1 N–H and O–H groups in total. The number of carbonyl (C=O) groups is 1. The van der Waals surface area contributed by atoms with Gasteiger partial charge in [0.05, 0.1) is 0 Å². The van der Waals surface area contributed by atoms with Gasteiger partial charge in [0, 0.05) is 23.4 Å². The van der Waals surface area contributed by atoms with Crippen molar-refractivity contribution in [1.82, 2.24) is 14.8 Å². The normalized spacial score (nSPS) is 10.7. The van der Waals surface area contributed by atoms with Gasteiger partial charge in [0.2, 0.25) is 0 Å². The molecule has 0 fully saturated rings. The van der Waals surface area contributed by atoms with E-state index in [1.54, 1.807) is 11.8 Å². The number of hydrogen-bond donors (Lipinski definition) is 1. The van der Waals surface area contributed by atoms with Gasteiger partial charge in [-0.05, 0) is 25.0 Å². The summed E-state index contributed by atoms with van der Waals surface area (Å²) in [5.41, 5.74) is 2.02. The Kier molecular flexibility index (Phi) is 5.85. The fraction of sp³-hybridized carbons (Fsp3) is 0.211. The summed E-state index contributed by atoms with van der Waals surface area (Å²) in [5.74, 6) is 0.871. The molecule has 3 aromatic rings. The van der Waals surface area contributed by atoms with Gasteiger partial charge in [-0.2, -0.15) is 0 Å². The van der Waals surface area contributed by atoms with E-state index in [1.165, 1.54) is 0 Å². The predicted octanol–water partition coefficient (Wildman–Crippen LogP) is 4.28. The number of thioether (sulfide) groups is 1. The molecule has 1 aromatic heterocycles. The van der Waals surface area contributed by atoms with Gasteiger partial charge in [-0.15, -0.1) is 10.2 Å². The first-order chi connectivity index (χ1) is 12.3. The average Bonchev–Trinajstić information content (AvgIpc) is 3.06. The van der Waals surface area contributed by atoms with E-state index in [2.05, 4.69) is 14.8 Å². The van der Waals surface area contributed by atoms with Crippen molar-refractivity contribution in [3.05, 3.63) is 60.7 Å². The van der Waals surface area contributed by atoms with Gasteiger partial charge in [0.25, 0.3) is 0 Å². The number of aliphatic carboxylic acids is 1. The monoisotopic (exact) mass is 353 g/mol. The molecule has 0 amide bonds. The van der Waals surface area contributed by atoms with Crippen molar-refractivity contribution in [3.8, 4) is 17.1 Å². The van der Waals surface area contributed by atoms with Gasteiger partial charge in [0.15, 0.2) is 11.0 Å². The molecule has 1 heterocycles. The van der Waals surface area contributed by atoms with Crippen LogP contribution in [0.15, 0.2) is 65.8 Å². The number of rotatable bonds is 8. The SMILES string of the molecule is O=C(O)CCCCSc1nnc(-c2ccccc2)n1-c1ccccc1. The third kappa shape index (κ3) is 4.48. The lowest BCUT2D eigenvalue weighted by molar-refractivity contribution is -0.137. The van der Waals surface area contributed by atoms with Crippen molar-refractivity contribution in [2.75, 3.05) is 5.75 Å². The Balaban J connectivity index is 1.83. The fourth-order valence-corrected chi connectivity index (χ4v) is 3.44. The fourth-order valence-electron chi connectivity index (χ4n) is 2.49. The second kappa shape index (κ2) is 8.48. The second-order valence-electron chi connectivity index (χ2n) is 5.54. The lowest BCUT2D eigenvalue weighted by Gasteiger charge is -2.10. The van der Waals surface area contributed by atoms with Crippen molar-refractivity contribution in [2.24, 2.45) is 0 Å². The maximum Gasteiger partial charge on any atom is 0.303 e. The summed E-state index contributed by atoms with van der Waals surface area (Å²) in [6, 6.07) is 20.0. The van der Waals surface area contributed by atoms with Gasteiger partial charge in [-0.25, -0.2) is 0 Å². The summed E-state index contributed by atoms with van der Waals surface area (Å²) >= 11 is 1.61. The topological polar surface area (TPSA) is 68.0 Å². The van der Waals surface area contributed by atoms with Gasteiger partial charge in [0.1, 0.15) is 0 Å². The van der Waals surface area contributed by atoms with Crippen molar-refractivity contribution in [3.63, 3.8) is 0 Å². The predicted molar refractivity (Wildman–Crippen MR) is 99.0 cm³/mol. The van der Waals surface area contributed by atoms with E-state index in [9.17, 15) is 4.79 Å². The summed E-state index contributed by atoms with van der Waals surface area (Å²) in [7, 11) is 0. The molecular weight excluding hydrogens is 334 g/mol. The number of carboxylic acids is 1. The highest BCUT2D eigenvalue weighted by atomic mass is 32.2. The summed E-state index contributed by atoms with van der Waals surface area (Å²) in [6.45, 7) is 0. The Morgan fingerprint density at radius 3 is 2.32 bits per heavy atom. The molecule has 0 unspecified atom stereocenters. The Morgan fingerprint density at radius 2 is 1.64 bits per heavy atom. The molecule has 5 nitrogen and oxygen atoms in total. The molecule has 2 aromatic carbocycles. The summed E-state index contributed by atoms with van der Waals surface area (Å²) in [6.07, 6.45) is 1.72. The summed E-state index contributed by atoms with van der Waals surface area (Å²) in [4.78, 5) is 10.6. The largest absolute Gasteiger partial charge is 0.481 e. The smallest absolute Gasteiger partial charge is 0.303 e. The first-order valence-electron chi connectivity index (χ1n) is 8.16. The molecule has 0 radical (unpaired) electrons. The minimum Gasteiger partial charge on any atom is -0.481 e. The van der Waals surface area contributed by atoms with Crippen molar-refractivity contribution in [2.45, 2.75) is 24.4 Å². The maximum atomic E-state index is 10.6. The Labute approximate surface area is 150 Å². The van der Waals surface area contributed by atoms with Gasteiger partial charge >= 0.3 is 5.97 Å². The minimum absolute atomic E-state index is 0.210. The molecule has 0 atom stereocenters. The average molecular weight is 353 g/mol. The van der Waals surface area contributed by atoms with E-state index < -0.39 is 5.97 Å². The van der Waals surface area contributed by atoms with Crippen LogP contribution in [-0.4, -0.2) is 31.6 Å². The van der Waals surface area contributed by atoms with E-state index in [0.717, 1.165) is 34.4 Å². The van der Waals surface area contributed by atoms with Crippen LogP contribution in [-0.2, 0) is 4.79 Å². The van der Waals surface area contributed by atoms with E-state index in [-0.39, 0.29) is 6.42 Å². The van der Waals surface area contributed by atoms with E-state index in [0.29, 0.717) is 6.42 Å². The van der Waals surface area contributed by atoms with Crippen LogP contribution in [0.1, 0.15) is 19.3 Å². The third-order valence-corrected chi connectivity index (χ3v) is 4.71. The molecule has 0 spiro atoms. The lowest BCUT2D eigenvalue weighted by Crippen LogP contribution is -2.00. The third-order valence-electron chi connectivity index (χ3n) is 3.70. The molecule has 0 aliphatic rings. The number of para-hydroxylation sites is 1. The van der Waals surface area contributed by atoms with Crippen LogP contribution in [0.2, 0.25) is 0 Å². The Hall–Kier alpha value is -2.60. The number of unbranched alkanes of at least 4 members (excludes halogenated alkanes) is 1. The number of benzene rings is 2. The zero-order chi connectivity index (χ0) is 17.5. The van der Waals surface area contributed by atoms with Crippen LogP contribution in [0.25, 0.3) is 17.1 Å². The zero-order valence-electron chi connectivity index (χ0n) is 13.7. The molecule has 0 saturated heterocycles. The van der Waals surface area contributed by atoms with Crippen LogP contribution in [0.5, 0.6) is 0 Å². The number of hydrogen-bond acceptors (Lipinski definition) is 4. The summed E-state index contributed by atoms with van der Waals surface area (Å²) < 4.78 is 2.05. The lowest BCUT2D eigenvalue weighted by atomic mass is 10.2. The van der Waals surface area contributed by atoms with Crippen LogP contribution in [0.3, 0.4) is 0 Å². The maximum absolute atomic E-state index is 10.6. The van der Waals surface area contributed by atoms with E-state index in [4.69, 9.17) is 5.11 Å². The van der Waals surface area contributed by atoms with Crippen LogP contribution >= 0.6 is 11.8 Å². The Bertz CT molecular complexity index is 819. The van der Waals surface area contributed by atoms with Gasteiger partial charge in [-0.1, -0.05) is 60.3 Å². The highest BCUT2D eigenvalue weighted by molar-refractivity contribution is 7.99. The summed E-state index contributed by atoms with van der Waals surface area (Å²) in [5, 5.41) is 18.3.